The van der Waals surface area contributed by atoms with Gasteiger partial charge in [-0.25, -0.2) is 8.78 Å². The second-order valence-electron chi connectivity index (χ2n) is 5.05. The van der Waals surface area contributed by atoms with Crippen molar-refractivity contribution in [1.29, 1.82) is 0 Å². The number of aromatic hydroxyl groups is 2. The number of rotatable bonds is 2. The summed E-state index contributed by atoms with van der Waals surface area (Å²) in [5, 5.41) is 18.3. The minimum Gasteiger partial charge on any atom is -0.508 e. The van der Waals surface area contributed by atoms with Crippen molar-refractivity contribution in [3.63, 3.8) is 0 Å². The Balaban J connectivity index is 2.66. The highest BCUT2D eigenvalue weighted by Gasteiger charge is 2.32. The van der Waals surface area contributed by atoms with Gasteiger partial charge in [0.2, 0.25) is 5.82 Å². The lowest BCUT2D eigenvalue weighted by Gasteiger charge is -2.27. The summed E-state index contributed by atoms with van der Waals surface area (Å²) >= 11 is 0. The first-order valence-electron chi connectivity index (χ1n) is 5.91. The van der Waals surface area contributed by atoms with Crippen molar-refractivity contribution in [3.05, 3.63) is 58.9 Å². The number of halogens is 3. The van der Waals surface area contributed by atoms with E-state index in [1.807, 2.05) is 0 Å². The lowest BCUT2D eigenvalue weighted by molar-refractivity contribution is 0.384. The summed E-state index contributed by atoms with van der Waals surface area (Å²) in [6.45, 7) is 3.05. The summed E-state index contributed by atoms with van der Waals surface area (Å²) in [5.74, 6) is -4.97. The van der Waals surface area contributed by atoms with Crippen molar-refractivity contribution in [2.24, 2.45) is 0 Å². The molecule has 0 atom stereocenters. The molecule has 2 aromatic rings. The third-order valence-corrected chi connectivity index (χ3v) is 3.35. The number of hydrogen-bond acceptors (Lipinski definition) is 2. The first kappa shape index (κ1) is 14.2. The van der Waals surface area contributed by atoms with Gasteiger partial charge in [0.15, 0.2) is 11.6 Å². The van der Waals surface area contributed by atoms with Crippen molar-refractivity contribution in [2.75, 3.05) is 0 Å². The maximum absolute atomic E-state index is 14.0. The number of hydrogen-bond donors (Lipinski definition) is 2. The maximum atomic E-state index is 14.0. The van der Waals surface area contributed by atoms with Gasteiger partial charge in [-0.2, -0.15) is 4.39 Å². The third kappa shape index (κ3) is 2.19. The average Bonchev–Trinajstić information content (AvgIpc) is 2.36. The van der Waals surface area contributed by atoms with Crippen LogP contribution in [0.1, 0.15) is 25.0 Å². The third-order valence-electron chi connectivity index (χ3n) is 3.35. The zero-order valence-electron chi connectivity index (χ0n) is 10.9. The van der Waals surface area contributed by atoms with Crippen molar-refractivity contribution in [2.45, 2.75) is 19.3 Å². The fraction of sp³-hybridized carbons (Fsp3) is 0.200. The Morgan fingerprint density at radius 2 is 1.45 bits per heavy atom. The summed E-state index contributed by atoms with van der Waals surface area (Å²) in [7, 11) is 0. The molecule has 0 aliphatic rings. The van der Waals surface area contributed by atoms with Gasteiger partial charge < -0.3 is 10.2 Å². The molecule has 2 N–H and O–H groups in total. The molecule has 0 spiro atoms. The van der Waals surface area contributed by atoms with Gasteiger partial charge in [0.05, 0.1) is 0 Å². The second-order valence-corrected chi connectivity index (χ2v) is 5.05. The van der Waals surface area contributed by atoms with Crippen LogP contribution in [0.2, 0.25) is 0 Å². The molecule has 0 amide bonds. The van der Waals surface area contributed by atoms with E-state index in [2.05, 4.69) is 0 Å². The summed E-state index contributed by atoms with van der Waals surface area (Å²) in [6.07, 6.45) is 0. The number of phenols is 2. The largest absolute Gasteiger partial charge is 0.508 e. The van der Waals surface area contributed by atoms with Gasteiger partial charge in [-0.05, 0) is 17.7 Å². The Bertz CT molecular complexity index is 649. The van der Waals surface area contributed by atoms with Crippen LogP contribution in [0.4, 0.5) is 13.2 Å². The molecule has 0 aliphatic heterocycles. The first-order valence-corrected chi connectivity index (χ1v) is 5.91. The van der Waals surface area contributed by atoms with Crippen LogP contribution in [-0.2, 0) is 5.41 Å². The molecule has 0 fully saturated rings. The summed E-state index contributed by atoms with van der Waals surface area (Å²) in [6, 6.07) is 6.31. The van der Waals surface area contributed by atoms with Crippen LogP contribution in [0, 0.1) is 17.5 Å². The van der Waals surface area contributed by atoms with Gasteiger partial charge in [0, 0.05) is 17.0 Å². The average molecular weight is 282 g/mol. The Morgan fingerprint density at radius 1 is 0.900 bits per heavy atom. The van der Waals surface area contributed by atoms with Gasteiger partial charge >= 0.3 is 0 Å². The molecule has 5 heteroatoms. The topological polar surface area (TPSA) is 40.5 Å². The fourth-order valence-corrected chi connectivity index (χ4v) is 2.18. The van der Waals surface area contributed by atoms with E-state index in [1.54, 1.807) is 0 Å². The standard InChI is InChI=1S/C15H13F3O2/c1-15(2,8-3-5-9(19)6-4-8)12-10(16)7-11(20)13(17)14(12)18/h3-7,19-20H,1-2H3. The summed E-state index contributed by atoms with van der Waals surface area (Å²) < 4.78 is 41.3. The molecular weight excluding hydrogens is 269 g/mol. The zero-order valence-corrected chi connectivity index (χ0v) is 10.9. The SMILES string of the molecule is CC(C)(c1ccc(O)cc1)c1c(F)cc(O)c(F)c1F. The van der Waals surface area contributed by atoms with Crippen LogP contribution in [0.3, 0.4) is 0 Å². The van der Waals surface area contributed by atoms with Crippen LogP contribution in [0.15, 0.2) is 30.3 Å². The second kappa shape index (κ2) is 4.74. The quantitative estimate of drug-likeness (QED) is 0.822. The van der Waals surface area contributed by atoms with Crippen LogP contribution >= 0.6 is 0 Å². The Labute approximate surface area is 114 Å². The van der Waals surface area contributed by atoms with Crippen molar-refractivity contribution in [3.8, 4) is 11.5 Å². The van der Waals surface area contributed by atoms with Crippen LogP contribution in [-0.4, -0.2) is 10.2 Å². The molecule has 0 aliphatic carbocycles. The Kier molecular flexibility index (Phi) is 3.38. The van der Waals surface area contributed by atoms with Gasteiger partial charge in [-0.15, -0.1) is 0 Å². The lowest BCUT2D eigenvalue weighted by Crippen LogP contribution is -2.23. The highest BCUT2D eigenvalue weighted by atomic mass is 19.2. The lowest BCUT2D eigenvalue weighted by atomic mass is 9.77. The number of phenolic OH excluding ortho intramolecular Hbond substituents is 2. The Hall–Kier alpha value is -2.17. The first-order chi connectivity index (χ1) is 9.25. The molecule has 0 radical (unpaired) electrons. The molecule has 20 heavy (non-hydrogen) atoms. The molecule has 2 rings (SSSR count). The molecule has 2 nitrogen and oxygen atoms in total. The molecule has 0 saturated carbocycles. The molecule has 0 aromatic heterocycles. The highest BCUT2D eigenvalue weighted by molar-refractivity contribution is 5.43. The Morgan fingerprint density at radius 3 is 2.00 bits per heavy atom. The van der Waals surface area contributed by atoms with Gasteiger partial charge in [0.1, 0.15) is 11.6 Å². The van der Waals surface area contributed by atoms with E-state index >= 15 is 0 Å². The van der Waals surface area contributed by atoms with Crippen molar-refractivity contribution >= 4 is 0 Å². The minimum atomic E-state index is -1.48. The molecule has 0 saturated heterocycles. The highest BCUT2D eigenvalue weighted by Crippen LogP contribution is 2.38. The molecule has 0 unspecified atom stereocenters. The molecule has 0 bridgehead atoms. The number of benzene rings is 2. The molecule has 0 heterocycles. The van der Waals surface area contributed by atoms with E-state index in [4.69, 9.17) is 5.11 Å². The smallest absolute Gasteiger partial charge is 0.200 e. The maximum Gasteiger partial charge on any atom is 0.200 e. The normalized spacial score (nSPS) is 11.7. The van der Waals surface area contributed by atoms with Gasteiger partial charge in [-0.3, -0.25) is 0 Å². The van der Waals surface area contributed by atoms with Crippen LogP contribution in [0.5, 0.6) is 11.5 Å². The van der Waals surface area contributed by atoms with E-state index in [1.165, 1.54) is 38.1 Å². The fourth-order valence-electron chi connectivity index (χ4n) is 2.18. The molecular formula is C15H13F3O2. The summed E-state index contributed by atoms with van der Waals surface area (Å²) in [5.41, 5.74) is -1.15. The zero-order chi connectivity index (χ0) is 15.1. The van der Waals surface area contributed by atoms with E-state index in [9.17, 15) is 18.3 Å². The predicted octanol–water partition coefficient (Wildman–Crippen LogP) is 3.84. The molecule has 106 valence electrons. The van der Waals surface area contributed by atoms with E-state index in [0.29, 0.717) is 11.6 Å². The van der Waals surface area contributed by atoms with E-state index in [0.717, 1.165) is 0 Å². The monoisotopic (exact) mass is 282 g/mol. The van der Waals surface area contributed by atoms with Crippen LogP contribution < -0.4 is 0 Å². The van der Waals surface area contributed by atoms with Crippen molar-refractivity contribution in [1.82, 2.24) is 0 Å². The summed E-state index contributed by atoms with van der Waals surface area (Å²) in [4.78, 5) is 0. The van der Waals surface area contributed by atoms with Crippen molar-refractivity contribution < 1.29 is 23.4 Å². The van der Waals surface area contributed by atoms with E-state index in [-0.39, 0.29) is 5.75 Å². The van der Waals surface area contributed by atoms with E-state index < -0.39 is 34.2 Å². The van der Waals surface area contributed by atoms with Gasteiger partial charge in [0.25, 0.3) is 0 Å². The van der Waals surface area contributed by atoms with Crippen LogP contribution in [0.25, 0.3) is 0 Å². The predicted molar refractivity (Wildman–Crippen MR) is 68.2 cm³/mol. The van der Waals surface area contributed by atoms with Gasteiger partial charge in [-0.1, -0.05) is 26.0 Å². The molecule has 2 aromatic carbocycles. The minimum absolute atomic E-state index is 0.0161.